The zero-order valence-corrected chi connectivity index (χ0v) is 17.4. The molecular weight excluding hydrogens is 396 g/mol. The standard InChI is InChI=1S/C21H22O9/c1-24-13-8-10(7-11(22)18(13)26-3)17-21(29-6)16(23)15-12(30-17)9-14(25-2)19(27-4)20(15)28-5/h7-9,22H,1-6H3. The summed E-state index contributed by atoms with van der Waals surface area (Å²) in [4.78, 5) is 13.3. The second kappa shape index (κ2) is 8.32. The van der Waals surface area contributed by atoms with Gasteiger partial charge in [-0.05, 0) is 12.1 Å². The molecule has 1 N–H and O–H groups in total. The van der Waals surface area contributed by atoms with Gasteiger partial charge in [-0.2, -0.15) is 0 Å². The molecule has 0 atom stereocenters. The van der Waals surface area contributed by atoms with Gasteiger partial charge in [0.15, 0.2) is 28.8 Å². The first-order chi connectivity index (χ1) is 14.4. The number of phenolic OH excluding ortho intramolecular Hbond substituents is 1. The van der Waals surface area contributed by atoms with E-state index >= 15 is 0 Å². The lowest BCUT2D eigenvalue weighted by Gasteiger charge is -2.16. The molecule has 0 spiro atoms. The van der Waals surface area contributed by atoms with E-state index in [-0.39, 0.29) is 51.2 Å². The fourth-order valence-corrected chi connectivity index (χ4v) is 3.25. The lowest BCUT2D eigenvalue weighted by Crippen LogP contribution is -2.10. The Kier molecular flexibility index (Phi) is 5.81. The molecule has 0 saturated carbocycles. The predicted octanol–water partition coefficient (Wildman–Crippen LogP) is 3.22. The molecule has 0 unspecified atom stereocenters. The summed E-state index contributed by atoms with van der Waals surface area (Å²) in [6.07, 6.45) is 0. The molecule has 0 amide bonds. The van der Waals surface area contributed by atoms with Crippen molar-refractivity contribution in [2.45, 2.75) is 0 Å². The van der Waals surface area contributed by atoms with Crippen LogP contribution in [0.15, 0.2) is 27.4 Å². The highest BCUT2D eigenvalue weighted by Crippen LogP contribution is 2.46. The summed E-state index contributed by atoms with van der Waals surface area (Å²) in [5.74, 6) is 0.926. The monoisotopic (exact) mass is 418 g/mol. The third-order valence-corrected chi connectivity index (χ3v) is 4.57. The van der Waals surface area contributed by atoms with E-state index < -0.39 is 5.43 Å². The Labute approximate surface area is 172 Å². The Balaban J connectivity index is 2.43. The molecule has 2 aromatic carbocycles. The lowest BCUT2D eigenvalue weighted by molar-refractivity contribution is 0.325. The van der Waals surface area contributed by atoms with Gasteiger partial charge >= 0.3 is 0 Å². The summed E-state index contributed by atoms with van der Waals surface area (Å²) in [5.41, 5.74) is 0.0372. The highest BCUT2D eigenvalue weighted by atomic mass is 16.5. The molecule has 0 aliphatic heterocycles. The average molecular weight is 418 g/mol. The highest BCUT2D eigenvalue weighted by molar-refractivity contribution is 5.92. The number of phenols is 1. The molecule has 3 aromatic rings. The summed E-state index contributed by atoms with van der Waals surface area (Å²) in [6.45, 7) is 0. The summed E-state index contributed by atoms with van der Waals surface area (Å²) >= 11 is 0. The minimum absolute atomic E-state index is 0.0837. The first-order valence-corrected chi connectivity index (χ1v) is 8.74. The van der Waals surface area contributed by atoms with E-state index in [2.05, 4.69) is 0 Å². The summed E-state index contributed by atoms with van der Waals surface area (Å²) in [5, 5.41) is 10.4. The minimum Gasteiger partial charge on any atom is -0.504 e. The van der Waals surface area contributed by atoms with Gasteiger partial charge < -0.3 is 37.9 Å². The zero-order valence-electron chi connectivity index (χ0n) is 17.4. The Morgan fingerprint density at radius 3 is 1.80 bits per heavy atom. The molecule has 0 bridgehead atoms. The van der Waals surface area contributed by atoms with Gasteiger partial charge in [0.2, 0.25) is 22.7 Å². The number of rotatable bonds is 7. The maximum absolute atomic E-state index is 13.3. The van der Waals surface area contributed by atoms with E-state index in [1.54, 1.807) is 6.07 Å². The summed E-state index contributed by atoms with van der Waals surface area (Å²) in [6, 6.07) is 4.46. The van der Waals surface area contributed by atoms with E-state index in [4.69, 9.17) is 32.8 Å². The first-order valence-electron chi connectivity index (χ1n) is 8.74. The van der Waals surface area contributed by atoms with Crippen LogP contribution in [0.4, 0.5) is 0 Å². The first kappa shape index (κ1) is 21.0. The van der Waals surface area contributed by atoms with Crippen molar-refractivity contribution in [1.29, 1.82) is 0 Å². The van der Waals surface area contributed by atoms with Crippen LogP contribution in [-0.2, 0) is 0 Å². The SMILES string of the molecule is COc1cc(-c2oc3cc(OC)c(OC)c(OC)c3c(=O)c2OC)cc(O)c1OC. The van der Waals surface area contributed by atoms with Gasteiger partial charge in [0.25, 0.3) is 0 Å². The normalized spacial score (nSPS) is 10.6. The van der Waals surface area contributed by atoms with E-state index in [0.29, 0.717) is 11.3 Å². The van der Waals surface area contributed by atoms with Crippen molar-refractivity contribution in [1.82, 2.24) is 0 Å². The Morgan fingerprint density at radius 1 is 0.700 bits per heavy atom. The number of fused-ring (bicyclic) bond motifs is 1. The van der Waals surface area contributed by atoms with Gasteiger partial charge in [0.05, 0.1) is 42.7 Å². The van der Waals surface area contributed by atoms with Crippen molar-refractivity contribution in [3.05, 3.63) is 28.4 Å². The third-order valence-electron chi connectivity index (χ3n) is 4.57. The van der Waals surface area contributed by atoms with Gasteiger partial charge in [-0.15, -0.1) is 0 Å². The van der Waals surface area contributed by atoms with Crippen molar-refractivity contribution in [3.8, 4) is 51.6 Å². The second-order valence-corrected chi connectivity index (χ2v) is 6.04. The van der Waals surface area contributed by atoms with Gasteiger partial charge in [-0.1, -0.05) is 0 Å². The van der Waals surface area contributed by atoms with Crippen LogP contribution in [0.3, 0.4) is 0 Å². The smallest absolute Gasteiger partial charge is 0.239 e. The molecule has 0 aliphatic rings. The topological polar surface area (TPSA) is 106 Å². The molecule has 0 fully saturated rings. The van der Waals surface area contributed by atoms with Crippen LogP contribution < -0.4 is 33.8 Å². The number of hydrogen-bond acceptors (Lipinski definition) is 9. The van der Waals surface area contributed by atoms with Gasteiger partial charge in [0.1, 0.15) is 11.0 Å². The second-order valence-electron chi connectivity index (χ2n) is 6.04. The molecule has 0 saturated heterocycles. The van der Waals surface area contributed by atoms with Crippen molar-refractivity contribution < 1.29 is 37.9 Å². The molecule has 9 nitrogen and oxygen atoms in total. The maximum atomic E-state index is 13.3. The molecule has 160 valence electrons. The van der Waals surface area contributed by atoms with Crippen molar-refractivity contribution in [3.63, 3.8) is 0 Å². The number of hydrogen-bond donors (Lipinski definition) is 1. The van der Waals surface area contributed by atoms with Crippen LogP contribution in [0.1, 0.15) is 0 Å². The van der Waals surface area contributed by atoms with Crippen LogP contribution in [0, 0.1) is 0 Å². The largest absolute Gasteiger partial charge is 0.504 e. The Hall–Kier alpha value is -3.75. The lowest BCUT2D eigenvalue weighted by atomic mass is 10.1. The summed E-state index contributed by atoms with van der Waals surface area (Å²) < 4.78 is 37.9. The average Bonchev–Trinajstić information content (AvgIpc) is 2.76. The van der Waals surface area contributed by atoms with E-state index in [1.165, 1.54) is 54.8 Å². The molecule has 0 radical (unpaired) electrons. The molecule has 1 heterocycles. The molecule has 3 rings (SSSR count). The molecule has 1 aromatic heterocycles. The molecule has 30 heavy (non-hydrogen) atoms. The van der Waals surface area contributed by atoms with Crippen molar-refractivity contribution in [2.75, 3.05) is 42.7 Å². The van der Waals surface area contributed by atoms with Crippen LogP contribution >= 0.6 is 0 Å². The Morgan fingerprint density at radius 2 is 1.27 bits per heavy atom. The fourth-order valence-electron chi connectivity index (χ4n) is 3.25. The van der Waals surface area contributed by atoms with Crippen LogP contribution in [0.2, 0.25) is 0 Å². The van der Waals surface area contributed by atoms with Gasteiger partial charge in [-0.3, -0.25) is 4.79 Å². The van der Waals surface area contributed by atoms with E-state index in [9.17, 15) is 9.90 Å². The van der Waals surface area contributed by atoms with E-state index in [0.717, 1.165) is 0 Å². The third kappa shape index (κ3) is 3.18. The fraction of sp³-hybridized carbons (Fsp3) is 0.286. The number of methoxy groups -OCH3 is 6. The maximum Gasteiger partial charge on any atom is 0.239 e. The van der Waals surface area contributed by atoms with Gasteiger partial charge in [0, 0.05) is 11.6 Å². The van der Waals surface area contributed by atoms with Crippen LogP contribution in [0.5, 0.6) is 40.2 Å². The predicted molar refractivity (Wildman–Crippen MR) is 109 cm³/mol. The van der Waals surface area contributed by atoms with Crippen LogP contribution in [0.25, 0.3) is 22.3 Å². The molecular formula is C21H22O9. The molecule has 0 aliphatic carbocycles. The number of ether oxygens (including phenoxy) is 6. The summed E-state index contributed by atoms with van der Waals surface area (Å²) in [7, 11) is 8.47. The zero-order chi connectivity index (χ0) is 22.0. The quantitative estimate of drug-likeness (QED) is 0.619. The number of benzene rings is 2. The van der Waals surface area contributed by atoms with Crippen molar-refractivity contribution in [2.24, 2.45) is 0 Å². The number of aromatic hydroxyl groups is 1. The molecule has 9 heteroatoms. The van der Waals surface area contributed by atoms with Crippen molar-refractivity contribution >= 4 is 11.0 Å². The Bertz CT molecular complexity index is 1150. The van der Waals surface area contributed by atoms with E-state index in [1.807, 2.05) is 0 Å². The minimum atomic E-state index is -0.485. The highest BCUT2D eigenvalue weighted by Gasteiger charge is 2.26. The van der Waals surface area contributed by atoms with Gasteiger partial charge in [-0.25, -0.2) is 0 Å². The van der Waals surface area contributed by atoms with Crippen LogP contribution in [-0.4, -0.2) is 47.8 Å².